The highest BCUT2D eigenvalue weighted by Crippen LogP contribution is 2.22. The van der Waals surface area contributed by atoms with Crippen LogP contribution in [0.2, 0.25) is 0 Å². The van der Waals surface area contributed by atoms with E-state index in [1.54, 1.807) is 24.1 Å². The molecule has 8 heteroatoms. The lowest BCUT2D eigenvalue weighted by Gasteiger charge is -2.21. The Morgan fingerprint density at radius 2 is 2.10 bits per heavy atom. The summed E-state index contributed by atoms with van der Waals surface area (Å²) in [6.07, 6.45) is -3.99. The maximum atomic E-state index is 11.9. The van der Waals surface area contributed by atoms with Gasteiger partial charge in [-0.3, -0.25) is 0 Å². The van der Waals surface area contributed by atoms with Gasteiger partial charge in [-0.05, 0) is 24.6 Å². The van der Waals surface area contributed by atoms with Gasteiger partial charge in [-0.25, -0.2) is 4.79 Å². The van der Waals surface area contributed by atoms with Crippen molar-refractivity contribution in [2.45, 2.75) is 12.6 Å². The third kappa shape index (κ3) is 5.90. The Bertz CT molecular complexity index is 492. The molecule has 5 nitrogen and oxygen atoms in total. The average molecular weight is 306 g/mol. The number of aromatic carboxylic acids is 1. The van der Waals surface area contributed by atoms with Gasteiger partial charge < -0.3 is 20.5 Å². The first-order valence-electron chi connectivity index (χ1n) is 6.19. The number of nitrogens with two attached hydrogens (primary N) is 1. The minimum Gasteiger partial charge on any atom is -0.478 e. The molecule has 1 aromatic rings. The van der Waals surface area contributed by atoms with Gasteiger partial charge in [0.1, 0.15) is 6.61 Å². The number of alkyl halides is 3. The van der Waals surface area contributed by atoms with Crippen LogP contribution >= 0.6 is 0 Å². The lowest BCUT2D eigenvalue weighted by Crippen LogP contribution is -2.23. The van der Waals surface area contributed by atoms with E-state index in [0.29, 0.717) is 24.3 Å². The number of carbonyl (C=O) groups is 1. The third-order valence-electron chi connectivity index (χ3n) is 2.71. The number of ether oxygens (including phenoxy) is 1. The maximum absolute atomic E-state index is 11.9. The number of nitrogens with zero attached hydrogens (tertiary/aromatic N) is 1. The smallest absolute Gasteiger partial charge is 0.411 e. The summed E-state index contributed by atoms with van der Waals surface area (Å²) in [6, 6.07) is 4.47. The Morgan fingerprint density at radius 1 is 1.43 bits per heavy atom. The van der Waals surface area contributed by atoms with E-state index in [2.05, 4.69) is 4.74 Å². The second kappa shape index (κ2) is 7.16. The molecule has 3 N–H and O–H groups in total. The highest BCUT2D eigenvalue weighted by Gasteiger charge is 2.27. The molecule has 21 heavy (non-hydrogen) atoms. The molecule has 0 bridgehead atoms. The second-order valence-electron chi connectivity index (χ2n) is 4.52. The van der Waals surface area contributed by atoms with Crippen LogP contribution in [-0.4, -0.2) is 44.1 Å². The number of hydrogen-bond acceptors (Lipinski definition) is 4. The van der Waals surface area contributed by atoms with Crippen molar-refractivity contribution in [1.82, 2.24) is 0 Å². The quantitative estimate of drug-likeness (QED) is 0.597. The molecule has 0 unspecified atom stereocenters. The van der Waals surface area contributed by atoms with Gasteiger partial charge in [-0.15, -0.1) is 0 Å². The summed E-state index contributed by atoms with van der Waals surface area (Å²) >= 11 is 0. The second-order valence-corrected chi connectivity index (χ2v) is 4.52. The van der Waals surface area contributed by atoms with Crippen molar-refractivity contribution >= 4 is 17.3 Å². The molecule has 1 rings (SSSR count). The van der Waals surface area contributed by atoms with Crippen molar-refractivity contribution in [3.05, 3.63) is 23.8 Å². The van der Waals surface area contributed by atoms with Crippen LogP contribution in [0.4, 0.5) is 24.5 Å². The van der Waals surface area contributed by atoms with Crippen molar-refractivity contribution in [3.63, 3.8) is 0 Å². The fourth-order valence-electron chi connectivity index (χ4n) is 1.77. The van der Waals surface area contributed by atoms with E-state index >= 15 is 0 Å². The molecule has 1 aromatic carbocycles. The van der Waals surface area contributed by atoms with E-state index in [0.717, 1.165) is 0 Å². The number of carboxylic acid groups (broad SMARTS) is 1. The van der Waals surface area contributed by atoms with Crippen LogP contribution in [0.5, 0.6) is 0 Å². The molecule has 0 radical (unpaired) electrons. The molecule has 0 atom stereocenters. The van der Waals surface area contributed by atoms with E-state index < -0.39 is 18.8 Å². The fourth-order valence-corrected chi connectivity index (χ4v) is 1.77. The van der Waals surface area contributed by atoms with Crippen LogP contribution in [0.15, 0.2) is 18.2 Å². The first-order chi connectivity index (χ1) is 9.70. The summed E-state index contributed by atoms with van der Waals surface area (Å²) in [7, 11) is 1.65. The number of carboxylic acids is 1. The van der Waals surface area contributed by atoms with Crippen molar-refractivity contribution < 1.29 is 27.8 Å². The number of anilines is 2. The van der Waals surface area contributed by atoms with Crippen molar-refractivity contribution in [1.29, 1.82) is 0 Å². The summed E-state index contributed by atoms with van der Waals surface area (Å²) < 4.78 is 40.1. The van der Waals surface area contributed by atoms with Crippen LogP contribution < -0.4 is 10.6 Å². The van der Waals surface area contributed by atoms with Crippen LogP contribution in [-0.2, 0) is 4.74 Å². The molecule has 0 saturated heterocycles. The zero-order valence-electron chi connectivity index (χ0n) is 11.5. The van der Waals surface area contributed by atoms with Gasteiger partial charge in [-0.1, -0.05) is 0 Å². The molecule has 0 aliphatic rings. The number of benzene rings is 1. The van der Waals surface area contributed by atoms with E-state index in [1.807, 2.05) is 0 Å². The molecule has 118 valence electrons. The molecule has 0 aliphatic carbocycles. The van der Waals surface area contributed by atoms with Crippen molar-refractivity contribution in [3.8, 4) is 0 Å². The largest absolute Gasteiger partial charge is 0.478 e. The first-order valence-corrected chi connectivity index (χ1v) is 6.19. The molecule has 0 aliphatic heterocycles. The van der Waals surface area contributed by atoms with Crippen molar-refractivity contribution in [2.24, 2.45) is 0 Å². The SMILES string of the molecule is CN(CCCOCC(F)(F)F)c1ccc(N)cc1C(=O)O. The molecular weight excluding hydrogens is 289 g/mol. The Hall–Kier alpha value is -1.96. The fraction of sp³-hybridized carbons (Fsp3) is 0.462. The van der Waals surface area contributed by atoms with E-state index in [-0.39, 0.29) is 12.2 Å². The Balaban J connectivity index is 2.53. The highest BCUT2D eigenvalue weighted by molar-refractivity contribution is 5.95. The van der Waals surface area contributed by atoms with Crippen molar-refractivity contribution in [2.75, 3.05) is 37.4 Å². The summed E-state index contributed by atoms with van der Waals surface area (Å²) in [4.78, 5) is 12.8. The van der Waals surface area contributed by atoms with Crippen LogP contribution in [0.25, 0.3) is 0 Å². The predicted molar refractivity (Wildman–Crippen MR) is 72.6 cm³/mol. The lowest BCUT2D eigenvalue weighted by atomic mass is 10.1. The summed E-state index contributed by atoms with van der Waals surface area (Å²) in [5.41, 5.74) is 6.37. The topological polar surface area (TPSA) is 75.8 Å². The van der Waals surface area contributed by atoms with Gasteiger partial charge in [0.15, 0.2) is 0 Å². The highest BCUT2D eigenvalue weighted by atomic mass is 19.4. The molecule has 0 heterocycles. The number of rotatable bonds is 7. The van der Waals surface area contributed by atoms with E-state index in [9.17, 15) is 18.0 Å². The minimum atomic E-state index is -4.33. The lowest BCUT2D eigenvalue weighted by molar-refractivity contribution is -0.173. The number of halogens is 3. The summed E-state index contributed by atoms with van der Waals surface area (Å²) in [6.45, 7) is -0.970. The molecule has 0 saturated carbocycles. The number of nitrogen functional groups attached to an aromatic ring is 1. The Morgan fingerprint density at radius 3 is 2.67 bits per heavy atom. The predicted octanol–water partition coefficient (Wildman–Crippen LogP) is 2.37. The Kier molecular flexibility index (Phi) is 5.83. The van der Waals surface area contributed by atoms with Crippen LogP contribution in [0.3, 0.4) is 0 Å². The summed E-state index contributed by atoms with van der Waals surface area (Å²) in [5.74, 6) is -1.11. The average Bonchev–Trinajstić information content (AvgIpc) is 2.36. The van der Waals surface area contributed by atoms with Gasteiger partial charge >= 0.3 is 12.1 Å². The zero-order chi connectivity index (χ0) is 16.0. The molecular formula is C13H17F3N2O3. The molecule has 0 fully saturated rings. The van der Waals surface area contributed by atoms with Gasteiger partial charge in [0.05, 0.1) is 11.3 Å². The molecule has 0 spiro atoms. The monoisotopic (exact) mass is 306 g/mol. The minimum absolute atomic E-state index is 0.0497. The first kappa shape index (κ1) is 17.1. The third-order valence-corrected chi connectivity index (χ3v) is 2.71. The van der Waals surface area contributed by atoms with Gasteiger partial charge in [-0.2, -0.15) is 13.2 Å². The Labute approximate surface area is 120 Å². The molecule has 0 aromatic heterocycles. The summed E-state index contributed by atoms with van der Waals surface area (Å²) in [5, 5.41) is 9.11. The standard InChI is InChI=1S/C13H17F3N2O3/c1-18(5-2-6-21-8-13(14,15)16)11-4-3-9(17)7-10(11)12(19)20/h3-4,7H,2,5-6,8,17H2,1H3,(H,19,20). The van der Waals surface area contributed by atoms with Crippen LogP contribution in [0.1, 0.15) is 16.8 Å². The van der Waals surface area contributed by atoms with E-state index in [4.69, 9.17) is 10.8 Å². The molecule has 0 amide bonds. The van der Waals surface area contributed by atoms with E-state index in [1.165, 1.54) is 6.07 Å². The number of hydrogen-bond donors (Lipinski definition) is 2. The van der Waals surface area contributed by atoms with Crippen LogP contribution in [0, 0.1) is 0 Å². The zero-order valence-corrected chi connectivity index (χ0v) is 11.5. The van der Waals surface area contributed by atoms with Gasteiger partial charge in [0.25, 0.3) is 0 Å². The normalized spacial score (nSPS) is 11.4. The van der Waals surface area contributed by atoms with Gasteiger partial charge in [0, 0.05) is 25.9 Å². The maximum Gasteiger partial charge on any atom is 0.411 e. The van der Waals surface area contributed by atoms with Gasteiger partial charge in [0.2, 0.25) is 0 Å².